The number of rotatable bonds is 6. The molecule has 18 heavy (non-hydrogen) atoms. The lowest BCUT2D eigenvalue weighted by Crippen LogP contribution is -2.21. The van der Waals surface area contributed by atoms with Crippen molar-refractivity contribution in [3.63, 3.8) is 0 Å². The first-order chi connectivity index (χ1) is 8.40. The van der Waals surface area contributed by atoms with Gasteiger partial charge in [0.1, 0.15) is 5.75 Å². The van der Waals surface area contributed by atoms with Gasteiger partial charge in [-0.05, 0) is 30.5 Å². The van der Waals surface area contributed by atoms with Gasteiger partial charge in [0.2, 0.25) is 0 Å². The maximum atomic E-state index is 11.9. The highest BCUT2D eigenvalue weighted by molar-refractivity contribution is 5.27. The topological polar surface area (TPSA) is 35.2 Å². The normalized spacial score (nSPS) is 13.4. The van der Waals surface area contributed by atoms with Crippen molar-refractivity contribution in [3.8, 4) is 5.75 Å². The summed E-state index contributed by atoms with van der Waals surface area (Å²) in [6.07, 6.45) is -3.45. The minimum Gasteiger partial charge on any atom is -0.493 e. The van der Waals surface area contributed by atoms with E-state index in [1.807, 2.05) is 19.1 Å². The third kappa shape index (κ3) is 5.91. The molecule has 0 aliphatic carbocycles. The van der Waals surface area contributed by atoms with Crippen molar-refractivity contribution in [1.82, 2.24) is 0 Å². The van der Waals surface area contributed by atoms with E-state index >= 15 is 0 Å². The molecule has 0 saturated carbocycles. The Bertz CT molecular complexity index is 348. The van der Waals surface area contributed by atoms with Gasteiger partial charge in [0.05, 0.1) is 13.0 Å². The van der Waals surface area contributed by atoms with Gasteiger partial charge in [-0.3, -0.25) is 0 Å². The Labute approximate surface area is 105 Å². The first-order valence-corrected chi connectivity index (χ1v) is 5.95. The summed E-state index contributed by atoms with van der Waals surface area (Å²) in [6.45, 7) is 1.66. The van der Waals surface area contributed by atoms with Crippen LogP contribution in [0.4, 0.5) is 13.2 Å². The molecule has 0 aromatic heterocycles. The number of benzene rings is 1. The summed E-state index contributed by atoms with van der Waals surface area (Å²) >= 11 is 0. The molecule has 1 aromatic carbocycles. The van der Waals surface area contributed by atoms with Gasteiger partial charge in [-0.25, -0.2) is 0 Å². The average Bonchev–Trinajstić information content (AvgIpc) is 2.29. The van der Waals surface area contributed by atoms with Gasteiger partial charge < -0.3 is 10.5 Å². The summed E-state index contributed by atoms with van der Waals surface area (Å²) in [5.41, 5.74) is 6.88. The summed E-state index contributed by atoms with van der Waals surface area (Å²) in [4.78, 5) is 0. The van der Waals surface area contributed by atoms with Crippen molar-refractivity contribution in [2.75, 3.05) is 6.61 Å². The predicted octanol–water partition coefficient (Wildman–Crippen LogP) is 3.30. The number of halogens is 3. The molecule has 2 nitrogen and oxygen atoms in total. The Kier molecular flexibility index (Phi) is 5.47. The predicted molar refractivity (Wildman–Crippen MR) is 64.6 cm³/mol. The second-order valence-corrected chi connectivity index (χ2v) is 4.23. The van der Waals surface area contributed by atoms with E-state index in [2.05, 4.69) is 0 Å². The molecule has 0 aliphatic heterocycles. The lowest BCUT2D eigenvalue weighted by atomic mass is 10.0. The SMILES string of the molecule is CCC(N)Cc1ccc(OCCC(F)(F)F)cc1. The van der Waals surface area contributed by atoms with Crippen LogP contribution in [0.25, 0.3) is 0 Å². The molecule has 0 amide bonds. The molecular formula is C13H18F3NO. The number of nitrogens with two attached hydrogens (primary N) is 1. The zero-order chi connectivity index (χ0) is 13.6. The van der Waals surface area contributed by atoms with Crippen LogP contribution in [0.1, 0.15) is 25.3 Å². The molecule has 1 unspecified atom stereocenters. The Morgan fingerprint density at radius 3 is 2.33 bits per heavy atom. The first kappa shape index (κ1) is 14.8. The molecule has 0 heterocycles. The molecule has 0 fully saturated rings. The van der Waals surface area contributed by atoms with E-state index in [1.165, 1.54) is 0 Å². The van der Waals surface area contributed by atoms with Crippen molar-refractivity contribution in [3.05, 3.63) is 29.8 Å². The van der Waals surface area contributed by atoms with Gasteiger partial charge in [0.15, 0.2) is 0 Å². The molecule has 1 atom stereocenters. The molecule has 1 aromatic rings. The van der Waals surface area contributed by atoms with Gasteiger partial charge >= 0.3 is 6.18 Å². The van der Waals surface area contributed by atoms with E-state index in [0.717, 1.165) is 18.4 Å². The summed E-state index contributed by atoms with van der Waals surface area (Å²) in [7, 11) is 0. The second kappa shape index (κ2) is 6.64. The van der Waals surface area contributed by atoms with E-state index in [-0.39, 0.29) is 12.6 Å². The standard InChI is InChI=1S/C13H18F3NO/c1-2-11(17)9-10-3-5-12(6-4-10)18-8-7-13(14,15)16/h3-6,11H,2,7-9,17H2,1H3. The zero-order valence-electron chi connectivity index (χ0n) is 10.3. The average molecular weight is 261 g/mol. The second-order valence-electron chi connectivity index (χ2n) is 4.23. The summed E-state index contributed by atoms with van der Waals surface area (Å²) in [5.74, 6) is 0.452. The van der Waals surface area contributed by atoms with Gasteiger partial charge in [-0.15, -0.1) is 0 Å². The highest BCUT2D eigenvalue weighted by Gasteiger charge is 2.26. The van der Waals surface area contributed by atoms with E-state index in [0.29, 0.717) is 5.75 Å². The molecule has 0 saturated heterocycles. The quantitative estimate of drug-likeness (QED) is 0.852. The Balaban J connectivity index is 2.41. The Hall–Kier alpha value is -1.23. The van der Waals surface area contributed by atoms with E-state index in [1.54, 1.807) is 12.1 Å². The Morgan fingerprint density at radius 1 is 1.22 bits per heavy atom. The molecular weight excluding hydrogens is 243 g/mol. The van der Waals surface area contributed by atoms with Crippen molar-refractivity contribution < 1.29 is 17.9 Å². The summed E-state index contributed by atoms with van der Waals surface area (Å²) < 4.78 is 40.8. The molecule has 0 bridgehead atoms. The highest BCUT2D eigenvalue weighted by atomic mass is 19.4. The van der Waals surface area contributed by atoms with Crippen molar-refractivity contribution in [2.24, 2.45) is 5.73 Å². The van der Waals surface area contributed by atoms with Gasteiger partial charge in [-0.2, -0.15) is 13.2 Å². The molecule has 2 N–H and O–H groups in total. The number of hydrogen-bond donors (Lipinski definition) is 1. The van der Waals surface area contributed by atoms with Crippen LogP contribution in [0.2, 0.25) is 0 Å². The van der Waals surface area contributed by atoms with Gasteiger partial charge in [0.25, 0.3) is 0 Å². The molecule has 0 aliphatic rings. The van der Waals surface area contributed by atoms with Crippen LogP contribution in [-0.4, -0.2) is 18.8 Å². The first-order valence-electron chi connectivity index (χ1n) is 5.95. The maximum absolute atomic E-state index is 11.9. The fraction of sp³-hybridized carbons (Fsp3) is 0.538. The van der Waals surface area contributed by atoms with Crippen LogP contribution in [0, 0.1) is 0 Å². The van der Waals surface area contributed by atoms with Crippen LogP contribution in [0.3, 0.4) is 0 Å². The zero-order valence-corrected chi connectivity index (χ0v) is 10.3. The van der Waals surface area contributed by atoms with Gasteiger partial charge in [-0.1, -0.05) is 19.1 Å². The molecule has 5 heteroatoms. The largest absolute Gasteiger partial charge is 0.493 e. The fourth-order valence-corrected chi connectivity index (χ4v) is 1.45. The highest BCUT2D eigenvalue weighted by Crippen LogP contribution is 2.20. The fourth-order valence-electron chi connectivity index (χ4n) is 1.45. The number of alkyl halides is 3. The van der Waals surface area contributed by atoms with Crippen LogP contribution in [0.15, 0.2) is 24.3 Å². The van der Waals surface area contributed by atoms with E-state index < -0.39 is 12.6 Å². The van der Waals surface area contributed by atoms with Crippen LogP contribution in [0.5, 0.6) is 5.75 Å². The third-order valence-corrected chi connectivity index (χ3v) is 2.60. The van der Waals surface area contributed by atoms with Crippen LogP contribution >= 0.6 is 0 Å². The monoisotopic (exact) mass is 261 g/mol. The molecule has 0 spiro atoms. The maximum Gasteiger partial charge on any atom is 0.392 e. The minimum atomic E-state index is -4.17. The third-order valence-electron chi connectivity index (χ3n) is 2.60. The van der Waals surface area contributed by atoms with Crippen LogP contribution < -0.4 is 10.5 Å². The number of ether oxygens (including phenoxy) is 1. The van der Waals surface area contributed by atoms with Crippen LogP contribution in [-0.2, 0) is 6.42 Å². The molecule has 0 radical (unpaired) electrons. The number of hydrogen-bond acceptors (Lipinski definition) is 2. The lowest BCUT2D eigenvalue weighted by Gasteiger charge is -2.11. The van der Waals surface area contributed by atoms with Crippen molar-refractivity contribution in [2.45, 2.75) is 38.4 Å². The minimum absolute atomic E-state index is 0.113. The van der Waals surface area contributed by atoms with Gasteiger partial charge in [0, 0.05) is 6.04 Å². The van der Waals surface area contributed by atoms with Crippen molar-refractivity contribution >= 4 is 0 Å². The molecule has 1 rings (SSSR count). The smallest absolute Gasteiger partial charge is 0.392 e. The molecule has 102 valence electrons. The summed E-state index contributed by atoms with van der Waals surface area (Å²) in [5, 5.41) is 0. The van der Waals surface area contributed by atoms with E-state index in [4.69, 9.17) is 10.5 Å². The Morgan fingerprint density at radius 2 is 1.83 bits per heavy atom. The lowest BCUT2D eigenvalue weighted by molar-refractivity contribution is -0.139. The van der Waals surface area contributed by atoms with E-state index in [9.17, 15) is 13.2 Å². The summed E-state index contributed by atoms with van der Waals surface area (Å²) in [6, 6.07) is 7.13. The van der Waals surface area contributed by atoms with Crippen molar-refractivity contribution in [1.29, 1.82) is 0 Å².